The smallest absolute Gasteiger partial charge is 0.187 e. The van der Waals surface area contributed by atoms with Crippen molar-refractivity contribution in [2.75, 3.05) is 0 Å². The summed E-state index contributed by atoms with van der Waals surface area (Å²) in [6, 6.07) is -0.198. The molecule has 0 unspecified atom stereocenters. The molecule has 0 aromatic heterocycles. The molecule has 0 saturated heterocycles. The van der Waals surface area contributed by atoms with Crippen LogP contribution in [0.3, 0.4) is 0 Å². The Bertz CT molecular complexity index is 394. The Balaban J connectivity index is 2.50. The molecule has 0 fully saturated rings. The molecule has 0 spiro atoms. The monoisotopic (exact) mass is 217 g/mol. The molecule has 72 valence electrons. The summed E-state index contributed by atoms with van der Waals surface area (Å²) in [5.74, 6) is 0. The minimum atomic E-state index is -3.05. The number of rotatable bonds is 0. The van der Waals surface area contributed by atoms with Crippen LogP contribution in [0.5, 0.6) is 0 Å². The molecule has 2 aliphatic heterocycles. The van der Waals surface area contributed by atoms with E-state index in [-0.39, 0.29) is 11.3 Å². The van der Waals surface area contributed by atoms with Crippen LogP contribution in [0, 0.1) is 0 Å². The molecule has 13 heavy (non-hydrogen) atoms. The van der Waals surface area contributed by atoms with Gasteiger partial charge in [0.25, 0.3) is 0 Å². The highest BCUT2D eigenvalue weighted by atomic mass is 32.3. The predicted octanol–water partition coefficient (Wildman–Crippen LogP) is 0.993. The molecular weight excluding hydrogens is 206 g/mol. The zero-order valence-electron chi connectivity index (χ0n) is 7.23. The highest BCUT2D eigenvalue weighted by Crippen LogP contribution is 2.42. The Morgan fingerprint density at radius 2 is 2.31 bits per heavy atom. The summed E-state index contributed by atoms with van der Waals surface area (Å²) in [7, 11) is -3.05. The van der Waals surface area contributed by atoms with Gasteiger partial charge >= 0.3 is 0 Å². The van der Waals surface area contributed by atoms with Gasteiger partial charge in [-0.1, -0.05) is 17.8 Å². The number of thioether (sulfide) groups is 1. The minimum absolute atomic E-state index is 0.198. The van der Waals surface area contributed by atoms with E-state index in [9.17, 15) is 8.42 Å². The van der Waals surface area contributed by atoms with Gasteiger partial charge in [-0.2, -0.15) is 0 Å². The summed E-state index contributed by atoms with van der Waals surface area (Å²) >= 11 is 1.28. The topological polar surface area (TPSA) is 60.2 Å². The van der Waals surface area contributed by atoms with Crippen molar-refractivity contribution in [3.63, 3.8) is 0 Å². The van der Waals surface area contributed by atoms with Gasteiger partial charge in [0, 0.05) is 6.04 Å². The Kier molecular flexibility index (Phi) is 2.05. The molecule has 2 rings (SSSR count). The Morgan fingerprint density at radius 3 is 2.92 bits per heavy atom. The van der Waals surface area contributed by atoms with E-state index in [1.54, 1.807) is 12.3 Å². The zero-order valence-corrected chi connectivity index (χ0v) is 8.86. The second-order valence-corrected chi connectivity index (χ2v) is 6.82. The maximum absolute atomic E-state index is 11.7. The van der Waals surface area contributed by atoms with Crippen molar-refractivity contribution in [2.24, 2.45) is 5.73 Å². The van der Waals surface area contributed by atoms with Gasteiger partial charge in [0.1, 0.15) is 4.24 Å². The Morgan fingerprint density at radius 1 is 1.62 bits per heavy atom. The van der Waals surface area contributed by atoms with Crippen LogP contribution in [-0.4, -0.2) is 19.7 Å². The van der Waals surface area contributed by atoms with Crippen LogP contribution in [0.25, 0.3) is 0 Å². The lowest BCUT2D eigenvalue weighted by Crippen LogP contribution is -2.21. The van der Waals surface area contributed by atoms with Crippen LogP contribution in [0.15, 0.2) is 21.3 Å². The van der Waals surface area contributed by atoms with Crippen LogP contribution < -0.4 is 5.73 Å². The number of hydrogen-bond donors (Lipinski definition) is 1. The highest BCUT2D eigenvalue weighted by molar-refractivity contribution is 8.20. The van der Waals surface area contributed by atoms with Crippen molar-refractivity contribution in [2.45, 2.75) is 24.6 Å². The van der Waals surface area contributed by atoms with Gasteiger partial charge < -0.3 is 5.73 Å². The first-order valence-corrected chi connectivity index (χ1v) is 6.52. The molecule has 2 atom stereocenters. The first-order valence-electron chi connectivity index (χ1n) is 4.09. The minimum Gasteiger partial charge on any atom is -0.321 e. The molecule has 2 heterocycles. The second-order valence-electron chi connectivity index (χ2n) is 3.34. The Hall–Kier alpha value is -0.260. The summed E-state index contributed by atoms with van der Waals surface area (Å²) in [4.78, 5) is 0. The maximum atomic E-state index is 11.7. The number of nitrogens with two attached hydrogens (primary N) is 1. The number of hydrogen-bond acceptors (Lipinski definition) is 4. The van der Waals surface area contributed by atoms with E-state index >= 15 is 0 Å². The van der Waals surface area contributed by atoms with E-state index in [4.69, 9.17) is 5.73 Å². The molecule has 0 amide bonds. The lowest BCUT2D eigenvalue weighted by molar-refractivity contribution is 0.595. The standard InChI is InChI=1S/C8H11NO2S2/c1-5-4-6-7(9)2-3-12-8(6)13(5,10)11/h2-3,5,7H,4,9H2,1H3/t5-,7-/m0/s1. The molecule has 0 bridgehead atoms. The third-order valence-electron chi connectivity index (χ3n) is 2.42. The van der Waals surface area contributed by atoms with Crippen LogP contribution in [0.1, 0.15) is 13.3 Å². The molecule has 2 aliphatic rings. The van der Waals surface area contributed by atoms with Gasteiger partial charge in [0.2, 0.25) is 0 Å². The summed E-state index contributed by atoms with van der Waals surface area (Å²) in [5.41, 5.74) is 6.67. The molecular formula is C8H11NO2S2. The zero-order chi connectivity index (χ0) is 9.64. The van der Waals surface area contributed by atoms with Crippen molar-refractivity contribution in [1.29, 1.82) is 0 Å². The van der Waals surface area contributed by atoms with Crippen LogP contribution in [-0.2, 0) is 9.84 Å². The van der Waals surface area contributed by atoms with Crippen LogP contribution >= 0.6 is 11.8 Å². The summed E-state index contributed by atoms with van der Waals surface area (Å²) in [6.07, 6.45) is 2.44. The normalized spacial score (nSPS) is 36.5. The predicted molar refractivity (Wildman–Crippen MR) is 54.7 cm³/mol. The van der Waals surface area contributed by atoms with Crippen LogP contribution in [0.2, 0.25) is 0 Å². The fourth-order valence-corrected chi connectivity index (χ4v) is 4.87. The van der Waals surface area contributed by atoms with Gasteiger partial charge in [-0.25, -0.2) is 8.42 Å². The SMILES string of the molecule is C[C@H]1CC2=C(SC=C[C@@H]2N)S1(=O)=O. The fourth-order valence-electron chi connectivity index (χ4n) is 1.58. The van der Waals surface area contributed by atoms with E-state index in [0.717, 1.165) is 5.57 Å². The first kappa shape index (κ1) is 9.30. The summed E-state index contributed by atoms with van der Waals surface area (Å²) in [6.45, 7) is 1.74. The average Bonchev–Trinajstić information content (AvgIpc) is 2.28. The van der Waals surface area contributed by atoms with Gasteiger partial charge in [0.05, 0.1) is 5.25 Å². The quantitative estimate of drug-likeness (QED) is 0.657. The van der Waals surface area contributed by atoms with Crippen molar-refractivity contribution in [1.82, 2.24) is 0 Å². The average molecular weight is 217 g/mol. The Labute approximate surface area is 82.0 Å². The molecule has 0 aromatic carbocycles. The molecule has 0 saturated carbocycles. The number of sulfone groups is 1. The molecule has 0 aromatic rings. The van der Waals surface area contributed by atoms with Crippen molar-refractivity contribution in [3.05, 3.63) is 21.3 Å². The molecule has 2 N–H and O–H groups in total. The molecule has 5 heteroatoms. The van der Waals surface area contributed by atoms with Gasteiger partial charge in [-0.3, -0.25) is 0 Å². The largest absolute Gasteiger partial charge is 0.321 e. The maximum Gasteiger partial charge on any atom is 0.187 e. The van der Waals surface area contributed by atoms with Crippen LogP contribution in [0.4, 0.5) is 0 Å². The van der Waals surface area contributed by atoms with Gasteiger partial charge in [0.15, 0.2) is 9.84 Å². The molecule has 0 radical (unpaired) electrons. The fraction of sp³-hybridized carbons (Fsp3) is 0.500. The van der Waals surface area contributed by atoms with E-state index in [2.05, 4.69) is 0 Å². The van der Waals surface area contributed by atoms with Crippen molar-refractivity contribution >= 4 is 21.6 Å². The summed E-state index contributed by atoms with van der Waals surface area (Å²) < 4.78 is 23.9. The highest BCUT2D eigenvalue weighted by Gasteiger charge is 2.39. The lowest BCUT2D eigenvalue weighted by Gasteiger charge is -2.13. The van der Waals surface area contributed by atoms with E-state index < -0.39 is 9.84 Å². The lowest BCUT2D eigenvalue weighted by atomic mass is 10.1. The van der Waals surface area contributed by atoms with E-state index in [1.807, 2.05) is 6.08 Å². The molecule has 3 nitrogen and oxygen atoms in total. The third-order valence-corrected chi connectivity index (χ3v) is 6.18. The van der Waals surface area contributed by atoms with E-state index in [1.165, 1.54) is 11.8 Å². The van der Waals surface area contributed by atoms with E-state index in [0.29, 0.717) is 10.7 Å². The van der Waals surface area contributed by atoms with Gasteiger partial charge in [-0.05, 0) is 24.3 Å². The molecule has 0 aliphatic carbocycles. The third kappa shape index (κ3) is 1.26. The summed E-state index contributed by atoms with van der Waals surface area (Å²) in [5, 5.41) is 1.47. The van der Waals surface area contributed by atoms with Gasteiger partial charge in [-0.15, -0.1) is 0 Å². The first-order chi connectivity index (χ1) is 6.03. The van der Waals surface area contributed by atoms with Crippen molar-refractivity contribution in [3.8, 4) is 0 Å². The second kappa shape index (κ2) is 2.87. The van der Waals surface area contributed by atoms with Crippen molar-refractivity contribution < 1.29 is 8.42 Å².